The van der Waals surface area contributed by atoms with Gasteiger partial charge in [-0.1, -0.05) is 11.6 Å². The molecule has 0 saturated carbocycles. The van der Waals surface area contributed by atoms with Crippen molar-refractivity contribution >= 4 is 21.6 Å². The van der Waals surface area contributed by atoms with Crippen molar-refractivity contribution in [1.82, 2.24) is 9.21 Å². The van der Waals surface area contributed by atoms with E-state index in [1.807, 2.05) is 7.05 Å². The molecule has 1 aromatic rings. The first-order valence-corrected chi connectivity index (χ1v) is 9.88. The zero-order valence-electron chi connectivity index (χ0n) is 13.6. The summed E-state index contributed by atoms with van der Waals surface area (Å²) in [5.41, 5.74) is -0.237. The van der Waals surface area contributed by atoms with Crippen molar-refractivity contribution in [2.45, 2.75) is 30.2 Å². The molecule has 2 aliphatic heterocycles. The van der Waals surface area contributed by atoms with E-state index in [9.17, 15) is 17.9 Å². The molecule has 5 nitrogen and oxygen atoms in total. The Balaban J connectivity index is 1.89. The van der Waals surface area contributed by atoms with Crippen molar-refractivity contribution in [2.24, 2.45) is 5.41 Å². The van der Waals surface area contributed by atoms with Crippen LogP contribution in [0.5, 0.6) is 0 Å². The highest BCUT2D eigenvalue weighted by molar-refractivity contribution is 7.89. The molecule has 0 radical (unpaired) electrons. The molecular formula is C16H22ClFN2O3S. The molecule has 0 bridgehead atoms. The molecular weight excluding hydrogens is 355 g/mol. The second kappa shape index (κ2) is 6.53. The van der Waals surface area contributed by atoms with Crippen LogP contribution in [0.2, 0.25) is 5.02 Å². The van der Waals surface area contributed by atoms with Crippen molar-refractivity contribution in [3.05, 3.63) is 29.0 Å². The lowest BCUT2D eigenvalue weighted by atomic mass is 9.69. The van der Waals surface area contributed by atoms with E-state index < -0.39 is 15.8 Å². The maximum atomic E-state index is 13.3. The van der Waals surface area contributed by atoms with Gasteiger partial charge in [-0.15, -0.1) is 0 Å². The number of rotatable bonds is 3. The van der Waals surface area contributed by atoms with Gasteiger partial charge in [-0.3, -0.25) is 0 Å². The molecule has 0 amide bonds. The van der Waals surface area contributed by atoms with E-state index in [2.05, 4.69) is 4.90 Å². The Hall–Kier alpha value is -0.730. The van der Waals surface area contributed by atoms with Gasteiger partial charge in [-0.25, -0.2) is 12.8 Å². The molecule has 8 heteroatoms. The number of likely N-dealkylation sites (N-methyl/N-ethyl adjacent to an activating group) is 1. The monoisotopic (exact) mass is 376 g/mol. The fraction of sp³-hybridized carbons (Fsp3) is 0.625. The second-order valence-corrected chi connectivity index (χ2v) is 9.15. The largest absolute Gasteiger partial charge is 0.396 e. The number of likely N-dealkylation sites (tertiary alicyclic amines) is 1. The minimum atomic E-state index is -3.74. The van der Waals surface area contributed by atoms with Crippen molar-refractivity contribution in [3.63, 3.8) is 0 Å². The average Bonchev–Trinajstić information content (AvgIpc) is 2.57. The Morgan fingerprint density at radius 3 is 2.79 bits per heavy atom. The standard InChI is InChI=1S/C16H22ClFN2O3S/c1-19-7-2-5-16(11-21)6-8-20(10-15(16)19)24(22,23)12-3-4-14(18)13(17)9-12/h3-4,9,15,21H,2,5-8,10-11H2,1H3/t15-,16-/m1/s1. The number of aliphatic hydroxyl groups excluding tert-OH is 1. The van der Waals surface area contributed by atoms with E-state index in [1.54, 1.807) is 0 Å². The summed E-state index contributed by atoms with van der Waals surface area (Å²) in [6, 6.07) is 3.46. The topological polar surface area (TPSA) is 60.9 Å². The van der Waals surface area contributed by atoms with Crippen LogP contribution in [-0.4, -0.2) is 62.1 Å². The third-order valence-corrected chi connectivity index (χ3v) is 7.65. The van der Waals surface area contributed by atoms with Crippen LogP contribution in [0.3, 0.4) is 0 Å². The summed E-state index contributed by atoms with van der Waals surface area (Å²) < 4.78 is 40.5. The Morgan fingerprint density at radius 1 is 1.38 bits per heavy atom. The predicted octanol–water partition coefficient (Wildman–Crippen LogP) is 1.95. The van der Waals surface area contributed by atoms with Crippen LogP contribution in [0.25, 0.3) is 0 Å². The molecule has 134 valence electrons. The van der Waals surface area contributed by atoms with Crippen LogP contribution < -0.4 is 0 Å². The molecule has 2 heterocycles. The Bertz CT molecular complexity index is 730. The van der Waals surface area contributed by atoms with Gasteiger partial charge in [0.15, 0.2) is 0 Å². The molecule has 1 N–H and O–H groups in total. The Kier molecular flexibility index (Phi) is 4.92. The number of aliphatic hydroxyl groups is 1. The van der Waals surface area contributed by atoms with Gasteiger partial charge in [-0.2, -0.15) is 4.31 Å². The van der Waals surface area contributed by atoms with Gasteiger partial charge in [0.1, 0.15) is 5.82 Å². The van der Waals surface area contributed by atoms with Gasteiger partial charge in [0.25, 0.3) is 0 Å². The van der Waals surface area contributed by atoms with Gasteiger partial charge < -0.3 is 10.0 Å². The molecule has 2 atom stereocenters. The minimum absolute atomic E-state index is 0.00357. The molecule has 0 spiro atoms. The number of piperidine rings is 2. The maximum Gasteiger partial charge on any atom is 0.243 e. The average molecular weight is 377 g/mol. The first-order chi connectivity index (χ1) is 11.3. The summed E-state index contributed by atoms with van der Waals surface area (Å²) >= 11 is 5.74. The third kappa shape index (κ3) is 2.97. The fourth-order valence-electron chi connectivity index (χ4n) is 3.99. The smallest absolute Gasteiger partial charge is 0.243 e. The minimum Gasteiger partial charge on any atom is -0.396 e. The first kappa shape index (κ1) is 18.1. The lowest BCUT2D eigenvalue weighted by Gasteiger charge is -2.53. The molecule has 24 heavy (non-hydrogen) atoms. The number of sulfonamides is 1. The highest BCUT2D eigenvalue weighted by Crippen LogP contribution is 2.42. The van der Waals surface area contributed by atoms with E-state index in [1.165, 1.54) is 10.4 Å². The molecule has 3 rings (SSSR count). The van der Waals surface area contributed by atoms with E-state index in [0.29, 0.717) is 19.5 Å². The summed E-state index contributed by atoms with van der Waals surface area (Å²) in [4.78, 5) is 2.14. The molecule has 2 fully saturated rings. The lowest BCUT2D eigenvalue weighted by Crippen LogP contribution is -2.62. The van der Waals surface area contributed by atoms with Crippen LogP contribution in [0, 0.1) is 11.2 Å². The summed E-state index contributed by atoms with van der Waals surface area (Å²) in [7, 11) is -1.76. The SMILES string of the molecule is CN1CCC[C@]2(CO)CCN(S(=O)(=O)c3ccc(F)c(Cl)c3)C[C@@H]12. The van der Waals surface area contributed by atoms with E-state index in [0.717, 1.165) is 31.5 Å². The maximum absolute atomic E-state index is 13.3. The highest BCUT2D eigenvalue weighted by Gasteiger charge is 2.48. The number of benzene rings is 1. The van der Waals surface area contributed by atoms with Crippen molar-refractivity contribution < 1.29 is 17.9 Å². The van der Waals surface area contributed by atoms with Crippen molar-refractivity contribution in [2.75, 3.05) is 33.3 Å². The third-order valence-electron chi connectivity index (χ3n) is 5.50. The second-order valence-electron chi connectivity index (χ2n) is 6.81. The van der Waals surface area contributed by atoms with Crippen molar-refractivity contribution in [1.29, 1.82) is 0 Å². The van der Waals surface area contributed by atoms with Crippen LogP contribution in [0.4, 0.5) is 4.39 Å². The van der Waals surface area contributed by atoms with Gasteiger partial charge >= 0.3 is 0 Å². The molecule has 2 aliphatic rings. The Labute approximate surface area is 147 Å². The van der Waals surface area contributed by atoms with Gasteiger partial charge in [-0.05, 0) is 51.1 Å². The summed E-state index contributed by atoms with van der Waals surface area (Å²) in [6.07, 6.45) is 2.54. The number of hydrogen-bond donors (Lipinski definition) is 1. The van der Waals surface area contributed by atoms with Crippen LogP contribution in [0.15, 0.2) is 23.1 Å². The van der Waals surface area contributed by atoms with E-state index in [-0.39, 0.29) is 28.0 Å². The Morgan fingerprint density at radius 2 is 2.12 bits per heavy atom. The van der Waals surface area contributed by atoms with E-state index in [4.69, 9.17) is 11.6 Å². The molecule has 0 aromatic heterocycles. The molecule has 1 aromatic carbocycles. The quantitative estimate of drug-likeness (QED) is 0.875. The van der Waals surface area contributed by atoms with Gasteiger partial charge in [0, 0.05) is 24.5 Å². The highest BCUT2D eigenvalue weighted by atomic mass is 35.5. The van der Waals surface area contributed by atoms with Gasteiger partial charge in [0.2, 0.25) is 10.0 Å². The summed E-state index contributed by atoms with van der Waals surface area (Å²) in [5, 5.41) is 9.71. The summed E-state index contributed by atoms with van der Waals surface area (Å²) in [5.74, 6) is -0.638. The number of fused-ring (bicyclic) bond motifs is 1. The summed E-state index contributed by atoms with van der Waals surface area (Å²) in [6.45, 7) is 1.64. The van der Waals surface area contributed by atoms with Gasteiger partial charge in [0.05, 0.1) is 16.5 Å². The normalized spacial score (nSPS) is 29.4. The molecule has 0 aliphatic carbocycles. The molecule has 2 saturated heterocycles. The van der Waals surface area contributed by atoms with Crippen LogP contribution in [-0.2, 0) is 10.0 Å². The van der Waals surface area contributed by atoms with E-state index >= 15 is 0 Å². The molecule has 0 unspecified atom stereocenters. The number of halogens is 2. The van der Waals surface area contributed by atoms with Crippen LogP contribution in [0.1, 0.15) is 19.3 Å². The number of nitrogens with zero attached hydrogens (tertiary/aromatic N) is 2. The first-order valence-electron chi connectivity index (χ1n) is 8.06. The lowest BCUT2D eigenvalue weighted by molar-refractivity contribution is -0.0508. The van der Waals surface area contributed by atoms with Crippen LogP contribution >= 0.6 is 11.6 Å². The van der Waals surface area contributed by atoms with Crippen molar-refractivity contribution in [3.8, 4) is 0 Å². The fourth-order valence-corrected chi connectivity index (χ4v) is 5.71. The zero-order chi connectivity index (χ0) is 17.5. The predicted molar refractivity (Wildman–Crippen MR) is 90.0 cm³/mol. The zero-order valence-corrected chi connectivity index (χ0v) is 15.2. The number of hydrogen-bond acceptors (Lipinski definition) is 4.